The molecule has 3 nitrogen and oxygen atoms in total. The molecule has 0 amide bonds. The lowest BCUT2D eigenvalue weighted by atomic mass is 10.2. The highest BCUT2D eigenvalue weighted by atomic mass is 35.5. The standard InChI is InChI=1S/C14H12ClNO2S/c1-2-18-10-7-9-14(12(15)13(10)17)19-11-6-4-3-5-8(11)16-9/h3-7,16-17H,2H2,1H3. The average molecular weight is 294 g/mol. The van der Waals surface area contributed by atoms with Crippen LogP contribution in [0.15, 0.2) is 40.1 Å². The molecule has 3 rings (SSSR count). The van der Waals surface area contributed by atoms with Crippen LogP contribution >= 0.6 is 23.4 Å². The van der Waals surface area contributed by atoms with Crippen LogP contribution in [0.5, 0.6) is 11.5 Å². The quantitative estimate of drug-likeness (QED) is 0.675. The molecule has 0 saturated carbocycles. The van der Waals surface area contributed by atoms with Crippen LogP contribution in [0.1, 0.15) is 6.92 Å². The van der Waals surface area contributed by atoms with E-state index < -0.39 is 0 Å². The summed E-state index contributed by atoms with van der Waals surface area (Å²) in [6.45, 7) is 2.34. The van der Waals surface area contributed by atoms with E-state index in [1.165, 1.54) is 0 Å². The van der Waals surface area contributed by atoms with E-state index >= 15 is 0 Å². The minimum Gasteiger partial charge on any atom is -0.503 e. The number of nitrogens with one attached hydrogen (secondary N) is 1. The lowest BCUT2D eigenvalue weighted by Crippen LogP contribution is -2.02. The molecular weight excluding hydrogens is 282 g/mol. The number of halogens is 1. The summed E-state index contributed by atoms with van der Waals surface area (Å²) < 4.78 is 5.39. The van der Waals surface area contributed by atoms with Crippen LogP contribution in [-0.4, -0.2) is 11.7 Å². The highest BCUT2D eigenvalue weighted by Crippen LogP contribution is 2.52. The summed E-state index contributed by atoms with van der Waals surface area (Å²) in [4.78, 5) is 1.90. The fourth-order valence-electron chi connectivity index (χ4n) is 1.97. The molecule has 5 heteroatoms. The third-order valence-electron chi connectivity index (χ3n) is 2.83. The van der Waals surface area contributed by atoms with Crippen molar-refractivity contribution in [2.75, 3.05) is 11.9 Å². The fourth-order valence-corrected chi connectivity index (χ4v) is 3.28. The van der Waals surface area contributed by atoms with Gasteiger partial charge in [-0.3, -0.25) is 0 Å². The van der Waals surface area contributed by atoms with Gasteiger partial charge in [0.25, 0.3) is 0 Å². The number of anilines is 2. The van der Waals surface area contributed by atoms with Crippen molar-refractivity contribution >= 4 is 34.7 Å². The van der Waals surface area contributed by atoms with Crippen LogP contribution in [0, 0.1) is 0 Å². The number of aromatic hydroxyl groups is 1. The predicted molar refractivity (Wildman–Crippen MR) is 78.1 cm³/mol. The summed E-state index contributed by atoms with van der Waals surface area (Å²) in [5.74, 6) is 0.398. The number of benzene rings is 2. The average Bonchev–Trinajstić information content (AvgIpc) is 2.43. The predicted octanol–water partition coefficient (Wildman–Crippen LogP) is 4.65. The number of hydrogen-bond donors (Lipinski definition) is 2. The van der Waals surface area contributed by atoms with Crippen LogP contribution in [0.2, 0.25) is 5.02 Å². The number of ether oxygens (including phenoxy) is 1. The number of hydrogen-bond acceptors (Lipinski definition) is 4. The Bertz CT molecular complexity index is 646. The van der Waals surface area contributed by atoms with Gasteiger partial charge in [0.2, 0.25) is 0 Å². The monoisotopic (exact) mass is 293 g/mol. The summed E-state index contributed by atoms with van der Waals surface area (Å²) in [5.41, 5.74) is 1.89. The molecule has 98 valence electrons. The Morgan fingerprint density at radius 3 is 2.89 bits per heavy atom. The molecule has 19 heavy (non-hydrogen) atoms. The third-order valence-corrected chi connectivity index (χ3v) is 4.51. The molecule has 2 aromatic carbocycles. The zero-order valence-corrected chi connectivity index (χ0v) is 11.8. The molecule has 0 fully saturated rings. The van der Waals surface area contributed by atoms with Gasteiger partial charge in [-0.1, -0.05) is 35.5 Å². The van der Waals surface area contributed by atoms with Crippen molar-refractivity contribution in [1.82, 2.24) is 0 Å². The van der Waals surface area contributed by atoms with E-state index in [4.69, 9.17) is 16.3 Å². The summed E-state index contributed by atoms with van der Waals surface area (Å²) in [5, 5.41) is 13.7. The second-order valence-corrected chi connectivity index (χ2v) is 5.50. The van der Waals surface area contributed by atoms with Crippen molar-refractivity contribution in [3.05, 3.63) is 35.4 Å². The first-order valence-electron chi connectivity index (χ1n) is 5.93. The summed E-state index contributed by atoms with van der Waals surface area (Å²) in [7, 11) is 0. The molecule has 2 N–H and O–H groups in total. The summed E-state index contributed by atoms with van der Waals surface area (Å²) in [6, 6.07) is 9.75. The molecule has 0 saturated heterocycles. The lowest BCUT2D eigenvalue weighted by molar-refractivity contribution is 0.318. The summed E-state index contributed by atoms with van der Waals surface area (Å²) in [6.07, 6.45) is 0. The number of fused-ring (bicyclic) bond motifs is 2. The van der Waals surface area contributed by atoms with Crippen molar-refractivity contribution in [3.8, 4) is 11.5 Å². The highest BCUT2D eigenvalue weighted by molar-refractivity contribution is 7.99. The lowest BCUT2D eigenvalue weighted by Gasteiger charge is -2.23. The zero-order chi connectivity index (χ0) is 13.4. The molecule has 1 aliphatic rings. The molecule has 0 unspecified atom stereocenters. The largest absolute Gasteiger partial charge is 0.503 e. The topological polar surface area (TPSA) is 41.5 Å². The summed E-state index contributed by atoms with van der Waals surface area (Å²) >= 11 is 7.77. The fraction of sp³-hybridized carbons (Fsp3) is 0.143. The maximum absolute atomic E-state index is 10.0. The van der Waals surface area contributed by atoms with E-state index in [0.717, 1.165) is 21.2 Å². The first kappa shape index (κ1) is 12.5. The van der Waals surface area contributed by atoms with E-state index in [1.807, 2.05) is 31.2 Å². The smallest absolute Gasteiger partial charge is 0.178 e. The molecule has 2 aromatic rings. The first-order valence-corrected chi connectivity index (χ1v) is 7.12. The van der Waals surface area contributed by atoms with Gasteiger partial charge in [-0.2, -0.15) is 0 Å². The Hall–Kier alpha value is -1.52. The van der Waals surface area contributed by atoms with Crippen LogP contribution in [-0.2, 0) is 0 Å². The first-order chi connectivity index (χ1) is 9.20. The van der Waals surface area contributed by atoms with Crippen LogP contribution < -0.4 is 10.1 Å². The number of rotatable bonds is 2. The molecule has 0 atom stereocenters. The number of phenols is 1. The van der Waals surface area contributed by atoms with Gasteiger partial charge in [0, 0.05) is 11.0 Å². The Kier molecular flexibility index (Phi) is 3.21. The maximum Gasteiger partial charge on any atom is 0.178 e. The van der Waals surface area contributed by atoms with Gasteiger partial charge in [-0.25, -0.2) is 0 Å². The molecule has 1 aliphatic heterocycles. The molecule has 0 bridgehead atoms. The Morgan fingerprint density at radius 1 is 1.32 bits per heavy atom. The van der Waals surface area contributed by atoms with Gasteiger partial charge >= 0.3 is 0 Å². The van der Waals surface area contributed by atoms with Crippen LogP contribution in [0.3, 0.4) is 0 Å². The van der Waals surface area contributed by atoms with Crippen molar-refractivity contribution in [2.45, 2.75) is 16.7 Å². The van der Waals surface area contributed by atoms with E-state index in [0.29, 0.717) is 17.4 Å². The van der Waals surface area contributed by atoms with Gasteiger partial charge in [0.1, 0.15) is 5.02 Å². The molecule has 0 aromatic heterocycles. The molecule has 1 heterocycles. The normalized spacial score (nSPS) is 12.3. The van der Waals surface area contributed by atoms with E-state index in [2.05, 4.69) is 5.32 Å². The van der Waals surface area contributed by atoms with Crippen LogP contribution in [0.4, 0.5) is 11.4 Å². The molecule has 0 aliphatic carbocycles. The van der Waals surface area contributed by atoms with E-state index in [-0.39, 0.29) is 5.75 Å². The SMILES string of the molecule is CCOc1cc2c(c(Cl)c1O)Sc1ccccc1N2. The minimum absolute atomic E-state index is 0.00375. The van der Waals surface area contributed by atoms with Crippen molar-refractivity contribution in [1.29, 1.82) is 0 Å². The zero-order valence-electron chi connectivity index (χ0n) is 10.2. The molecular formula is C14H12ClNO2S. The Labute approximate surface area is 120 Å². The Morgan fingerprint density at radius 2 is 2.11 bits per heavy atom. The molecule has 0 radical (unpaired) electrons. The van der Waals surface area contributed by atoms with Gasteiger partial charge in [0.05, 0.1) is 22.9 Å². The maximum atomic E-state index is 10.0. The van der Waals surface area contributed by atoms with Crippen molar-refractivity contribution in [2.24, 2.45) is 0 Å². The minimum atomic E-state index is -0.00375. The van der Waals surface area contributed by atoms with Crippen LogP contribution in [0.25, 0.3) is 0 Å². The number of para-hydroxylation sites is 1. The van der Waals surface area contributed by atoms with Gasteiger partial charge < -0.3 is 15.2 Å². The van der Waals surface area contributed by atoms with Crippen molar-refractivity contribution in [3.63, 3.8) is 0 Å². The second kappa shape index (κ2) is 4.87. The van der Waals surface area contributed by atoms with Gasteiger partial charge in [-0.15, -0.1) is 0 Å². The molecule has 0 spiro atoms. The second-order valence-electron chi connectivity index (χ2n) is 4.07. The van der Waals surface area contributed by atoms with Gasteiger partial charge in [-0.05, 0) is 19.1 Å². The van der Waals surface area contributed by atoms with Gasteiger partial charge in [0.15, 0.2) is 11.5 Å². The van der Waals surface area contributed by atoms with E-state index in [9.17, 15) is 5.11 Å². The number of phenolic OH excluding ortho intramolecular Hbond substituents is 1. The highest BCUT2D eigenvalue weighted by Gasteiger charge is 2.23. The Balaban J connectivity index is 2.10. The van der Waals surface area contributed by atoms with Crippen molar-refractivity contribution < 1.29 is 9.84 Å². The third kappa shape index (κ3) is 2.11. The van der Waals surface area contributed by atoms with E-state index in [1.54, 1.807) is 17.8 Å².